The van der Waals surface area contributed by atoms with Crippen LogP contribution in [0.5, 0.6) is 0 Å². The number of hydrogen-bond donors (Lipinski definition) is 0. The Bertz CT molecular complexity index is 492. The van der Waals surface area contributed by atoms with E-state index < -0.39 is 0 Å². The van der Waals surface area contributed by atoms with Gasteiger partial charge in [0.05, 0.1) is 0 Å². The zero-order valence-electron chi connectivity index (χ0n) is 15.3. The predicted octanol–water partition coefficient (Wildman–Crippen LogP) is 0.136. The summed E-state index contributed by atoms with van der Waals surface area (Å²) in [6.07, 6.45) is 3.75. The summed E-state index contributed by atoms with van der Waals surface area (Å²) >= 11 is 0. The Morgan fingerprint density at radius 3 is 1.26 bits per heavy atom. The normalized spacial score (nSPS) is 12.6. The molecule has 0 aliphatic carbocycles. The van der Waals surface area contributed by atoms with Crippen LogP contribution >= 0.6 is 0 Å². The zero-order chi connectivity index (χ0) is 15.2. The minimum Gasteiger partial charge on any atom is -0.199 e. The van der Waals surface area contributed by atoms with Crippen molar-refractivity contribution in [3.05, 3.63) is 84.6 Å². The van der Waals surface area contributed by atoms with Gasteiger partial charge in [0.15, 0.2) is 0 Å². The minimum atomic E-state index is 0. The van der Waals surface area contributed by atoms with Gasteiger partial charge in [-0.15, -0.1) is 24.3 Å². The maximum absolute atomic E-state index is 3.94. The van der Waals surface area contributed by atoms with E-state index in [-0.39, 0.29) is 37.7 Å². The summed E-state index contributed by atoms with van der Waals surface area (Å²) in [7, 11) is 0. The SMILES string of the molecule is [CH2-]c1ccc(C(C)CCCC(C)c2ccc([CH2-])cc2)cc1.[Li+].[Li+]. The van der Waals surface area contributed by atoms with Crippen LogP contribution in [0, 0.1) is 13.8 Å². The molecule has 0 fully saturated rings. The molecule has 2 rings (SSSR count). The van der Waals surface area contributed by atoms with E-state index in [2.05, 4.69) is 76.2 Å². The Labute approximate surface area is 166 Å². The summed E-state index contributed by atoms with van der Waals surface area (Å²) in [5.41, 5.74) is 5.04. The predicted molar refractivity (Wildman–Crippen MR) is 92.5 cm³/mol. The van der Waals surface area contributed by atoms with Crippen LogP contribution in [0.25, 0.3) is 0 Å². The molecule has 0 saturated carbocycles. The van der Waals surface area contributed by atoms with Crippen molar-refractivity contribution in [2.75, 3.05) is 0 Å². The summed E-state index contributed by atoms with van der Waals surface area (Å²) in [6.45, 7) is 12.5. The Morgan fingerprint density at radius 2 is 0.957 bits per heavy atom. The van der Waals surface area contributed by atoms with E-state index in [0.29, 0.717) is 11.8 Å². The van der Waals surface area contributed by atoms with E-state index in [9.17, 15) is 0 Å². The minimum absolute atomic E-state index is 0. The van der Waals surface area contributed by atoms with Gasteiger partial charge in [-0.2, -0.15) is 49.2 Å². The van der Waals surface area contributed by atoms with Crippen molar-refractivity contribution >= 4 is 0 Å². The first-order chi connectivity index (χ1) is 10.1. The van der Waals surface area contributed by atoms with Crippen molar-refractivity contribution in [3.8, 4) is 0 Å². The summed E-state index contributed by atoms with van der Waals surface area (Å²) < 4.78 is 0. The van der Waals surface area contributed by atoms with E-state index in [0.717, 1.165) is 11.1 Å². The molecule has 0 aromatic heterocycles. The number of hydrogen-bond acceptors (Lipinski definition) is 0. The first-order valence-corrected chi connectivity index (χ1v) is 7.90. The van der Waals surface area contributed by atoms with Crippen LogP contribution in [0.1, 0.15) is 67.2 Å². The van der Waals surface area contributed by atoms with Gasteiger partial charge in [-0.3, -0.25) is 0 Å². The zero-order valence-corrected chi connectivity index (χ0v) is 15.3. The monoisotopic (exact) mass is 292 g/mol. The van der Waals surface area contributed by atoms with Crippen molar-refractivity contribution in [1.29, 1.82) is 0 Å². The van der Waals surface area contributed by atoms with E-state index in [1.54, 1.807) is 0 Å². The van der Waals surface area contributed by atoms with Crippen LogP contribution in [-0.2, 0) is 0 Å². The van der Waals surface area contributed by atoms with Gasteiger partial charge in [0.2, 0.25) is 0 Å². The van der Waals surface area contributed by atoms with Gasteiger partial charge in [-0.25, -0.2) is 0 Å². The van der Waals surface area contributed by atoms with Crippen LogP contribution in [-0.4, -0.2) is 0 Å². The third-order valence-electron chi connectivity index (χ3n) is 4.37. The molecule has 2 atom stereocenters. The molecule has 0 amide bonds. The molecule has 0 bridgehead atoms. The molecular formula is C21H26Li2. The fourth-order valence-electron chi connectivity index (χ4n) is 2.76. The van der Waals surface area contributed by atoms with Crippen molar-refractivity contribution in [1.82, 2.24) is 0 Å². The summed E-state index contributed by atoms with van der Waals surface area (Å²) in [6, 6.07) is 17.3. The van der Waals surface area contributed by atoms with Gasteiger partial charge in [0.25, 0.3) is 0 Å². The molecule has 0 heterocycles. The quantitative estimate of drug-likeness (QED) is 0.525. The number of rotatable bonds is 6. The van der Waals surface area contributed by atoms with E-state index >= 15 is 0 Å². The molecule has 0 saturated heterocycles. The second kappa shape index (κ2) is 11.0. The molecule has 0 N–H and O–H groups in total. The molecule has 23 heavy (non-hydrogen) atoms. The number of benzene rings is 2. The van der Waals surface area contributed by atoms with Crippen LogP contribution in [0.2, 0.25) is 0 Å². The summed E-state index contributed by atoms with van der Waals surface area (Å²) in [5, 5.41) is 0. The Hall–Kier alpha value is -0.625. The Balaban J connectivity index is 0.00000242. The van der Waals surface area contributed by atoms with E-state index in [4.69, 9.17) is 0 Å². The maximum Gasteiger partial charge on any atom is 1.00 e. The van der Waals surface area contributed by atoms with Crippen LogP contribution in [0.4, 0.5) is 0 Å². The average Bonchev–Trinajstić information content (AvgIpc) is 2.48. The molecule has 0 nitrogen and oxygen atoms in total. The molecule has 2 aromatic rings. The summed E-state index contributed by atoms with van der Waals surface area (Å²) in [4.78, 5) is 0. The third kappa shape index (κ3) is 7.20. The van der Waals surface area contributed by atoms with Gasteiger partial charge >= 0.3 is 37.7 Å². The van der Waals surface area contributed by atoms with Gasteiger partial charge in [-0.1, -0.05) is 31.4 Å². The molecule has 2 aromatic carbocycles. The van der Waals surface area contributed by atoms with Crippen LogP contribution in [0.15, 0.2) is 48.5 Å². The molecule has 0 aliphatic heterocycles. The second-order valence-corrected chi connectivity index (χ2v) is 6.22. The molecule has 0 radical (unpaired) electrons. The Kier molecular flexibility index (Phi) is 10.7. The van der Waals surface area contributed by atoms with E-state index in [1.807, 2.05) is 0 Å². The standard InChI is InChI=1S/C21H26.2Li/c1-16-8-12-20(13-9-16)18(3)6-5-7-19(4)21-14-10-17(2)11-15-21;;/h8-15,18-19H,1-2,5-7H2,3-4H3;;/q-2;2*+1. The summed E-state index contributed by atoms with van der Waals surface area (Å²) in [5.74, 6) is 1.25. The first-order valence-electron chi connectivity index (χ1n) is 7.90. The Morgan fingerprint density at radius 1 is 0.652 bits per heavy atom. The van der Waals surface area contributed by atoms with Gasteiger partial charge in [0.1, 0.15) is 0 Å². The van der Waals surface area contributed by atoms with Crippen molar-refractivity contribution in [3.63, 3.8) is 0 Å². The maximum atomic E-state index is 3.94. The smallest absolute Gasteiger partial charge is 0.199 e. The fraction of sp³-hybridized carbons (Fsp3) is 0.333. The fourth-order valence-corrected chi connectivity index (χ4v) is 2.76. The third-order valence-corrected chi connectivity index (χ3v) is 4.37. The van der Waals surface area contributed by atoms with Crippen LogP contribution in [0.3, 0.4) is 0 Å². The molecule has 0 spiro atoms. The molecule has 2 unspecified atom stereocenters. The van der Waals surface area contributed by atoms with Crippen molar-refractivity contribution < 1.29 is 37.7 Å². The second-order valence-electron chi connectivity index (χ2n) is 6.22. The largest absolute Gasteiger partial charge is 1.00 e. The average molecular weight is 292 g/mol. The van der Waals surface area contributed by atoms with Gasteiger partial charge in [-0.05, 0) is 24.7 Å². The first kappa shape index (κ1) is 22.4. The van der Waals surface area contributed by atoms with Crippen LogP contribution < -0.4 is 37.7 Å². The topological polar surface area (TPSA) is 0 Å². The van der Waals surface area contributed by atoms with Crippen molar-refractivity contribution in [2.24, 2.45) is 0 Å². The van der Waals surface area contributed by atoms with Crippen molar-refractivity contribution in [2.45, 2.75) is 44.9 Å². The van der Waals surface area contributed by atoms with E-state index in [1.165, 1.54) is 30.4 Å². The molecular weight excluding hydrogens is 266 g/mol. The molecule has 112 valence electrons. The molecule has 0 aliphatic rings. The van der Waals surface area contributed by atoms with Gasteiger partial charge < -0.3 is 0 Å². The molecule has 2 heteroatoms. The van der Waals surface area contributed by atoms with Gasteiger partial charge in [0, 0.05) is 0 Å².